The number of rotatable bonds is 9. The molecule has 0 saturated carbocycles. The molecule has 6 nitrogen and oxygen atoms in total. The minimum absolute atomic E-state index is 0. The summed E-state index contributed by atoms with van der Waals surface area (Å²) in [6.45, 7) is 4.21. The number of benzene rings is 2. The highest BCUT2D eigenvalue weighted by Gasteiger charge is 2.09. The van der Waals surface area contributed by atoms with Gasteiger partial charge in [0, 0.05) is 20.1 Å². The van der Waals surface area contributed by atoms with Crippen LogP contribution in [0.1, 0.15) is 23.6 Å². The lowest BCUT2D eigenvalue weighted by Gasteiger charge is -2.22. The molecule has 0 aliphatic rings. The Labute approximate surface area is 191 Å². The highest BCUT2D eigenvalue weighted by Crippen LogP contribution is 2.27. The smallest absolute Gasteiger partial charge is 0.193 e. The van der Waals surface area contributed by atoms with Crippen molar-refractivity contribution >= 4 is 29.9 Å². The molecule has 7 heteroatoms. The van der Waals surface area contributed by atoms with E-state index < -0.39 is 0 Å². The lowest BCUT2D eigenvalue weighted by Crippen LogP contribution is -2.40. The van der Waals surface area contributed by atoms with Crippen molar-refractivity contribution in [2.45, 2.75) is 26.5 Å². The van der Waals surface area contributed by atoms with Crippen LogP contribution in [-0.4, -0.2) is 50.3 Å². The fourth-order valence-corrected chi connectivity index (χ4v) is 2.93. The van der Waals surface area contributed by atoms with Crippen molar-refractivity contribution in [1.29, 1.82) is 0 Å². The van der Waals surface area contributed by atoms with Crippen molar-refractivity contribution in [3.8, 4) is 11.5 Å². The molecule has 160 valence electrons. The third-order valence-electron chi connectivity index (χ3n) is 4.57. The summed E-state index contributed by atoms with van der Waals surface area (Å²) in [6, 6.07) is 13.8. The molecule has 2 aromatic carbocycles. The van der Waals surface area contributed by atoms with Crippen molar-refractivity contribution in [2.75, 3.05) is 34.4 Å². The van der Waals surface area contributed by atoms with E-state index in [2.05, 4.69) is 23.2 Å². The maximum Gasteiger partial charge on any atom is 0.193 e. The molecule has 2 aromatic rings. The molecule has 0 spiro atoms. The Bertz CT molecular complexity index is 784. The van der Waals surface area contributed by atoms with E-state index >= 15 is 0 Å². The average Bonchev–Trinajstić information content (AvgIpc) is 2.74. The molecule has 2 N–H and O–H groups in total. The van der Waals surface area contributed by atoms with Gasteiger partial charge in [0.15, 0.2) is 17.5 Å². The minimum atomic E-state index is 0. The zero-order chi connectivity index (χ0) is 20.4. The molecule has 2 rings (SSSR count). The zero-order valence-electron chi connectivity index (χ0n) is 17.6. The molecular formula is C22H32IN3O3. The van der Waals surface area contributed by atoms with Crippen LogP contribution in [0.3, 0.4) is 0 Å². The molecule has 0 aliphatic carbocycles. The first-order chi connectivity index (χ1) is 13.6. The van der Waals surface area contributed by atoms with Gasteiger partial charge in [-0.05, 0) is 42.2 Å². The highest BCUT2D eigenvalue weighted by molar-refractivity contribution is 14.0. The Morgan fingerprint density at radius 1 is 1.07 bits per heavy atom. The molecule has 0 radical (unpaired) electrons. The summed E-state index contributed by atoms with van der Waals surface area (Å²) in [5, 5.41) is 12.8. The molecule has 0 aliphatic heterocycles. The van der Waals surface area contributed by atoms with Crippen molar-refractivity contribution in [1.82, 2.24) is 10.2 Å². The second-order valence-electron chi connectivity index (χ2n) is 6.46. The molecular weight excluding hydrogens is 481 g/mol. The number of guanidine groups is 1. The number of nitrogens with zero attached hydrogens (tertiary/aromatic N) is 2. The van der Waals surface area contributed by atoms with Crippen LogP contribution in [0, 0.1) is 0 Å². The van der Waals surface area contributed by atoms with Crippen molar-refractivity contribution < 1.29 is 14.6 Å². The summed E-state index contributed by atoms with van der Waals surface area (Å²) >= 11 is 0. The molecule has 29 heavy (non-hydrogen) atoms. The van der Waals surface area contributed by atoms with E-state index in [0.29, 0.717) is 6.54 Å². The van der Waals surface area contributed by atoms with Gasteiger partial charge in [-0.1, -0.05) is 30.3 Å². The van der Waals surface area contributed by atoms with E-state index in [9.17, 15) is 5.11 Å². The molecule has 0 fully saturated rings. The van der Waals surface area contributed by atoms with E-state index in [1.165, 1.54) is 5.56 Å². The number of methoxy groups -OCH3 is 2. The second kappa shape index (κ2) is 13.3. The Hall–Kier alpha value is -2.00. The Balaban J connectivity index is 0.00000420. The maximum absolute atomic E-state index is 9.49. The van der Waals surface area contributed by atoms with Gasteiger partial charge in [0.05, 0.1) is 27.4 Å². The monoisotopic (exact) mass is 513 g/mol. The summed E-state index contributed by atoms with van der Waals surface area (Å²) < 4.78 is 10.7. The van der Waals surface area contributed by atoms with Gasteiger partial charge in [-0.25, -0.2) is 4.99 Å². The average molecular weight is 513 g/mol. The normalized spacial score (nSPS) is 10.9. The lowest BCUT2D eigenvalue weighted by atomic mass is 10.1. The first kappa shape index (κ1) is 25.0. The third kappa shape index (κ3) is 7.40. The fraction of sp³-hybridized carbons (Fsp3) is 0.409. The summed E-state index contributed by atoms with van der Waals surface area (Å²) in [4.78, 5) is 6.85. The van der Waals surface area contributed by atoms with Gasteiger partial charge in [0.1, 0.15) is 0 Å². The quantitative estimate of drug-likeness (QED) is 0.306. The molecule has 0 amide bonds. The molecule has 0 saturated heterocycles. The maximum atomic E-state index is 9.49. The van der Waals surface area contributed by atoms with E-state index in [1.807, 2.05) is 43.4 Å². The van der Waals surface area contributed by atoms with Gasteiger partial charge in [-0.3, -0.25) is 0 Å². The van der Waals surface area contributed by atoms with Crippen molar-refractivity contribution in [3.05, 3.63) is 59.2 Å². The van der Waals surface area contributed by atoms with Crippen LogP contribution >= 0.6 is 24.0 Å². The Kier molecular flexibility index (Phi) is 11.5. The predicted octanol–water partition coefficient (Wildman–Crippen LogP) is 3.45. The van der Waals surface area contributed by atoms with Gasteiger partial charge in [-0.2, -0.15) is 0 Å². The second-order valence-corrected chi connectivity index (χ2v) is 6.46. The van der Waals surface area contributed by atoms with Crippen LogP contribution in [0.5, 0.6) is 11.5 Å². The number of hydrogen-bond donors (Lipinski definition) is 2. The van der Waals surface area contributed by atoms with Crippen molar-refractivity contribution in [3.63, 3.8) is 0 Å². The Morgan fingerprint density at radius 3 is 2.38 bits per heavy atom. The van der Waals surface area contributed by atoms with E-state index in [1.54, 1.807) is 14.2 Å². The van der Waals surface area contributed by atoms with Gasteiger partial charge in [-0.15, -0.1) is 24.0 Å². The first-order valence-electron chi connectivity index (χ1n) is 9.50. The first-order valence-corrected chi connectivity index (χ1v) is 9.50. The predicted molar refractivity (Wildman–Crippen MR) is 128 cm³/mol. The van der Waals surface area contributed by atoms with Crippen LogP contribution in [0.15, 0.2) is 47.5 Å². The van der Waals surface area contributed by atoms with Crippen LogP contribution in [0.4, 0.5) is 0 Å². The zero-order valence-corrected chi connectivity index (χ0v) is 20.0. The molecule has 0 bridgehead atoms. The van der Waals surface area contributed by atoms with Crippen LogP contribution in [0.2, 0.25) is 0 Å². The number of likely N-dealkylation sites (N-methyl/N-ethyl adjacent to an activating group) is 1. The summed E-state index contributed by atoms with van der Waals surface area (Å²) in [6.07, 6.45) is 0.856. The van der Waals surface area contributed by atoms with Gasteiger partial charge < -0.3 is 24.8 Å². The molecule has 0 unspecified atom stereocenters. The van der Waals surface area contributed by atoms with Crippen LogP contribution in [0.25, 0.3) is 0 Å². The number of nitrogens with one attached hydrogen (secondary N) is 1. The van der Waals surface area contributed by atoms with Gasteiger partial charge in [0.2, 0.25) is 0 Å². The Morgan fingerprint density at radius 2 is 1.76 bits per heavy atom. The van der Waals surface area contributed by atoms with E-state index in [0.717, 1.165) is 48.1 Å². The number of aliphatic hydroxyl groups is 1. The molecule has 0 heterocycles. The summed E-state index contributed by atoms with van der Waals surface area (Å²) in [7, 11) is 5.31. The topological polar surface area (TPSA) is 66.3 Å². The number of hydrogen-bond acceptors (Lipinski definition) is 4. The number of halogens is 1. The number of aliphatic hydroxyl groups excluding tert-OH is 1. The molecule has 0 atom stereocenters. The fourth-order valence-electron chi connectivity index (χ4n) is 2.93. The summed E-state index contributed by atoms with van der Waals surface area (Å²) in [5.41, 5.74) is 3.12. The summed E-state index contributed by atoms with van der Waals surface area (Å²) in [5.74, 6) is 2.32. The van der Waals surface area contributed by atoms with Crippen LogP contribution in [-0.2, 0) is 19.6 Å². The van der Waals surface area contributed by atoms with E-state index in [-0.39, 0.29) is 30.6 Å². The highest BCUT2D eigenvalue weighted by atomic mass is 127. The number of aliphatic imine (C=N–C) groups is 1. The standard InChI is InChI=1S/C22H31N3O3.HI/c1-5-23-22(24-15-18-8-6-7-9-19(18)16-26)25(2)13-12-17-10-11-20(27-3)21(14-17)28-4;/h6-11,14,26H,5,12-13,15-16H2,1-4H3,(H,23,24);1H. The van der Waals surface area contributed by atoms with Gasteiger partial charge >= 0.3 is 0 Å². The van der Waals surface area contributed by atoms with E-state index in [4.69, 9.17) is 14.5 Å². The van der Waals surface area contributed by atoms with Gasteiger partial charge in [0.25, 0.3) is 0 Å². The minimum Gasteiger partial charge on any atom is -0.493 e. The third-order valence-corrected chi connectivity index (χ3v) is 4.57. The lowest BCUT2D eigenvalue weighted by molar-refractivity contribution is 0.280. The SMILES string of the molecule is CCNC(=NCc1ccccc1CO)N(C)CCc1ccc(OC)c(OC)c1.I. The largest absolute Gasteiger partial charge is 0.493 e. The van der Waals surface area contributed by atoms with Crippen molar-refractivity contribution in [2.24, 2.45) is 4.99 Å². The van der Waals surface area contributed by atoms with Crippen LogP contribution < -0.4 is 14.8 Å². The number of ether oxygens (including phenoxy) is 2. The molecule has 0 aromatic heterocycles.